The van der Waals surface area contributed by atoms with Gasteiger partial charge in [0.05, 0.1) is 119 Å². The Labute approximate surface area is 316 Å². The number of hydrogen-bond acceptors (Lipinski definition) is 17. The summed E-state index contributed by atoms with van der Waals surface area (Å²) in [5.41, 5.74) is -1.69. The smallest absolute Gasteiger partial charge is 0.462 e. The number of ether oxygens (including phenoxy) is 12. The molecule has 17 nitrogen and oxygen atoms in total. The van der Waals surface area contributed by atoms with Crippen molar-refractivity contribution < 1.29 is 79.7 Å². The summed E-state index contributed by atoms with van der Waals surface area (Å²) in [5, 5.41) is 0. The van der Waals surface area contributed by atoms with E-state index in [0.29, 0.717) is 125 Å². The molecule has 2 atom stereocenters. The summed E-state index contributed by atoms with van der Waals surface area (Å²) in [6.07, 6.45) is -0.788. The molecule has 0 saturated carbocycles. The topological polar surface area (TPSA) is 173 Å². The Morgan fingerprint density at radius 2 is 0.849 bits per heavy atom. The molecule has 2 unspecified atom stereocenters. The van der Waals surface area contributed by atoms with Gasteiger partial charge in [-0.2, -0.15) is 0 Å². The number of rotatable bonds is 16. The summed E-state index contributed by atoms with van der Waals surface area (Å²) in [7, 11) is -3.07. The molecule has 2 aliphatic heterocycles. The minimum absolute atomic E-state index is 0.0805. The summed E-state index contributed by atoms with van der Waals surface area (Å²) in [6, 6.07) is 0.387. The molecule has 312 valence electrons. The maximum Gasteiger partial charge on any atom is 0.500 e. The summed E-state index contributed by atoms with van der Waals surface area (Å²) in [5.74, 6) is -1.52. The normalized spacial score (nSPS) is 23.2. The third-order valence-electron chi connectivity index (χ3n) is 7.96. The van der Waals surface area contributed by atoms with E-state index < -0.39 is 38.4 Å². The average Bonchev–Trinajstić information content (AvgIpc) is 3.16. The molecule has 0 N–H and O–H groups in total. The zero-order valence-electron chi connectivity index (χ0n) is 32.5. The van der Waals surface area contributed by atoms with Crippen LogP contribution in [0.15, 0.2) is 0 Å². The molecule has 0 aliphatic carbocycles. The van der Waals surface area contributed by atoms with Crippen molar-refractivity contribution in [2.24, 2.45) is 5.41 Å². The SMILES string of the molecule is CCO[Si](CCCC(C)(C(=O)OCC1COCCOCCOCCOCCO1)C(=O)OCC1COCCOCCOCCOCCO1)(OCC)OCC. The lowest BCUT2D eigenvalue weighted by Crippen LogP contribution is -2.47. The number of hydrogen-bond donors (Lipinski definition) is 0. The van der Waals surface area contributed by atoms with Crippen molar-refractivity contribution in [1.82, 2.24) is 0 Å². The molecule has 2 aliphatic rings. The number of esters is 2. The minimum Gasteiger partial charge on any atom is -0.462 e. The van der Waals surface area contributed by atoms with Crippen LogP contribution in [0.25, 0.3) is 0 Å². The van der Waals surface area contributed by atoms with E-state index in [9.17, 15) is 9.59 Å². The predicted molar refractivity (Wildman–Crippen MR) is 191 cm³/mol. The van der Waals surface area contributed by atoms with Crippen LogP contribution in [-0.4, -0.2) is 185 Å². The first kappa shape index (κ1) is 47.8. The Morgan fingerprint density at radius 1 is 0.528 bits per heavy atom. The van der Waals surface area contributed by atoms with E-state index in [-0.39, 0.29) is 46.1 Å². The Kier molecular flexibility index (Phi) is 27.8. The van der Waals surface area contributed by atoms with Crippen molar-refractivity contribution in [3.63, 3.8) is 0 Å². The Morgan fingerprint density at radius 3 is 1.19 bits per heavy atom. The fourth-order valence-corrected chi connectivity index (χ4v) is 7.80. The quantitative estimate of drug-likeness (QED) is 0.126. The highest BCUT2D eigenvalue weighted by Crippen LogP contribution is 2.31. The first-order valence-electron chi connectivity index (χ1n) is 19.0. The highest BCUT2D eigenvalue weighted by atomic mass is 28.4. The van der Waals surface area contributed by atoms with Gasteiger partial charge in [-0.1, -0.05) is 0 Å². The van der Waals surface area contributed by atoms with E-state index in [0.717, 1.165) is 0 Å². The molecule has 0 aromatic heterocycles. The monoisotopic (exact) mass is 786 g/mol. The lowest BCUT2D eigenvalue weighted by Gasteiger charge is -2.31. The predicted octanol–water partition coefficient (Wildman–Crippen LogP) is 1.84. The van der Waals surface area contributed by atoms with Gasteiger partial charge in [0, 0.05) is 25.9 Å². The van der Waals surface area contributed by atoms with Gasteiger partial charge in [0.25, 0.3) is 0 Å². The molecular formula is C35H66O17Si. The Bertz CT molecular complexity index is 815. The van der Waals surface area contributed by atoms with Gasteiger partial charge in [0.1, 0.15) is 25.4 Å². The van der Waals surface area contributed by atoms with E-state index in [4.69, 9.17) is 70.1 Å². The van der Waals surface area contributed by atoms with Crippen LogP contribution in [0.5, 0.6) is 0 Å². The molecule has 2 rings (SSSR count). The van der Waals surface area contributed by atoms with Crippen molar-refractivity contribution in [3.8, 4) is 0 Å². The largest absolute Gasteiger partial charge is 0.500 e. The summed E-state index contributed by atoms with van der Waals surface area (Å²) < 4.78 is 86.0. The van der Waals surface area contributed by atoms with Gasteiger partial charge < -0.3 is 70.1 Å². The molecule has 0 radical (unpaired) electrons. The molecule has 53 heavy (non-hydrogen) atoms. The highest BCUT2D eigenvalue weighted by molar-refractivity contribution is 6.60. The van der Waals surface area contributed by atoms with Gasteiger partial charge >= 0.3 is 20.7 Å². The third kappa shape index (κ3) is 21.5. The maximum atomic E-state index is 13.9. The zero-order valence-corrected chi connectivity index (χ0v) is 33.5. The molecule has 0 spiro atoms. The molecule has 2 saturated heterocycles. The molecule has 0 aromatic rings. The fraction of sp³-hybridized carbons (Fsp3) is 0.943. The maximum absolute atomic E-state index is 13.9. The zero-order chi connectivity index (χ0) is 38.3. The molecule has 18 heteroatoms. The molecule has 0 aromatic carbocycles. The number of carbonyl (C=O) groups is 2. The lowest BCUT2D eigenvalue weighted by molar-refractivity contribution is -0.178. The van der Waals surface area contributed by atoms with Crippen molar-refractivity contribution in [1.29, 1.82) is 0 Å². The van der Waals surface area contributed by atoms with Crippen LogP contribution in [0.4, 0.5) is 0 Å². The van der Waals surface area contributed by atoms with Gasteiger partial charge in [-0.15, -0.1) is 0 Å². The van der Waals surface area contributed by atoms with Gasteiger partial charge in [0.2, 0.25) is 0 Å². The minimum atomic E-state index is -3.07. The highest BCUT2D eigenvalue weighted by Gasteiger charge is 2.47. The molecule has 2 fully saturated rings. The van der Waals surface area contributed by atoms with Gasteiger partial charge in [-0.05, 0) is 40.5 Å². The van der Waals surface area contributed by atoms with E-state index in [1.165, 1.54) is 6.92 Å². The summed E-state index contributed by atoms with van der Waals surface area (Å²) >= 11 is 0. The lowest BCUT2D eigenvalue weighted by atomic mass is 9.85. The van der Waals surface area contributed by atoms with E-state index in [1.54, 1.807) is 0 Å². The van der Waals surface area contributed by atoms with Crippen molar-refractivity contribution in [2.75, 3.05) is 152 Å². The van der Waals surface area contributed by atoms with Gasteiger partial charge in [-0.3, -0.25) is 9.59 Å². The van der Waals surface area contributed by atoms with Gasteiger partial charge in [-0.25, -0.2) is 0 Å². The first-order valence-corrected chi connectivity index (χ1v) is 20.9. The van der Waals surface area contributed by atoms with Crippen LogP contribution in [0.3, 0.4) is 0 Å². The molecule has 2 heterocycles. The second-order valence-corrected chi connectivity index (χ2v) is 14.9. The van der Waals surface area contributed by atoms with Crippen molar-refractivity contribution >= 4 is 20.7 Å². The van der Waals surface area contributed by atoms with Crippen LogP contribution >= 0.6 is 0 Å². The van der Waals surface area contributed by atoms with Crippen LogP contribution in [0.2, 0.25) is 6.04 Å². The molecule has 0 amide bonds. The second kappa shape index (κ2) is 30.8. The van der Waals surface area contributed by atoms with Crippen molar-refractivity contribution in [2.45, 2.75) is 58.8 Å². The van der Waals surface area contributed by atoms with E-state index >= 15 is 0 Å². The Balaban J connectivity index is 2.14. The van der Waals surface area contributed by atoms with Crippen LogP contribution in [-0.2, 0) is 79.7 Å². The fourth-order valence-electron chi connectivity index (χ4n) is 5.19. The van der Waals surface area contributed by atoms with Crippen molar-refractivity contribution in [3.05, 3.63) is 0 Å². The molecular weight excluding hydrogens is 720 g/mol. The standard InChI is InChI=1S/C35H66O17Si/c1-5-50-53(51-6-2,52-7-3)26-8-9-35(4,33(36)48-29-31-27-44-20-18-40-12-10-38-14-16-42-22-24-46-31)34(37)49-30-32-28-45-21-19-41-13-11-39-15-17-43-23-25-47-32/h31-32H,5-30H2,1-4H3. The van der Waals surface area contributed by atoms with Crippen LogP contribution in [0, 0.1) is 5.41 Å². The Hall–Kier alpha value is -1.36. The third-order valence-corrected chi connectivity index (χ3v) is 11.1. The summed E-state index contributed by atoms with van der Waals surface area (Å²) in [4.78, 5) is 27.8. The first-order chi connectivity index (χ1) is 25.9. The number of carbonyl (C=O) groups excluding carboxylic acids is 2. The second-order valence-electron chi connectivity index (χ2n) is 12.2. The van der Waals surface area contributed by atoms with Crippen LogP contribution in [0.1, 0.15) is 40.5 Å². The van der Waals surface area contributed by atoms with E-state index in [2.05, 4.69) is 0 Å². The van der Waals surface area contributed by atoms with Crippen LogP contribution < -0.4 is 0 Å². The summed E-state index contributed by atoms with van der Waals surface area (Å²) in [6.45, 7) is 14.3. The van der Waals surface area contributed by atoms with Gasteiger partial charge in [0.15, 0.2) is 5.41 Å². The molecule has 0 bridgehead atoms. The average molecular weight is 787 g/mol. The van der Waals surface area contributed by atoms with E-state index in [1.807, 2.05) is 20.8 Å².